The Kier molecular flexibility index (Phi) is 5.42. The molecule has 2 rings (SSSR count). The van der Waals surface area contributed by atoms with Gasteiger partial charge in [-0.3, -0.25) is 0 Å². The summed E-state index contributed by atoms with van der Waals surface area (Å²) in [5.41, 5.74) is 0.915. The summed E-state index contributed by atoms with van der Waals surface area (Å²) < 4.78 is 16.5. The fourth-order valence-corrected chi connectivity index (χ4v) is 2.95. The second-order valence-electron chi connectivity index (χ2n) is 6.95. The van der Waals surface area contributed by atoms with Gasteiger partial charge in [0.1, 0.15) is 6.61 Å². The standard InChI is InChI=1S/C17H28N2O3/c1-16(2)10-14(17(3,4)22-16)18-11-13-6-7-15(19-12-13)21-9-8-20-5/h6-7,12,14,18H,8-11H2,1-5H3/t14-/m0/s1. The van der Waals surface area contributed by atoms with Gasteiger partial charge in [-0.05, 0) is 39.7 Å². The van der Waals surface area contributed by atoms with Crippen molar-refractivity contribution in [3.05, 3.63) is 23.9 Å². The van der Waals surface area contributed by atoms with Gasteiger partial charge in [0, 0.05) is 32.0 Å². The van der Waals surface area contributed by atoms with E-state index < -0.39 is 0 Å². The zero-order valence-corrected chi connectivity index (χ0v) is 14.3. The maximum absolute atomic E-state index is 6.10. The Bertz CT molecular complexity index is 471. The molecule has 0 aromatic carbocycles. The molecule has 1 atom stereocenters. The number of nitrogens with zero attached hydrogens (tertiary/aromatic N) is 1. The average Bonchev–Trinajstić information content (AvgIpc) is 2.65. The number of hydrogen-bond acceptors (Lipinski definition) is 5. The fraction of sp³-hybridized carbons (Fsp3) is 0.706. The van der Waals surface area contributed by atoms with E-state index in [4.69, 9.17) is 14.2 Å². The Labute approximate surface area is 133 Å². The topological polar surface area (TPSA) is 52.6 Å². The fourth-order valence-electron chi connectivity index (χ4n) is 2.95. The number of methoxy groups -OCH3 is 1. The summed E-state index contributed by atoms with van der Waals surface area (Å²) in [6.07, 6.45) is 2.86. The third-order valence-corrected chi connectivity index (χ3v) is 3.96. The lowest BCUT2D eigenvalue weighted by Crippen LogP contribution is -2.42. The van der Waals surface area contributed by atoms with E-state index in [-0.39, 0.29) is 11.2 Å². The van der Waals surface area contributed by atoms with Crippen LogP contribution in [0.25, 0.3) is 0 Å². The van der Waals surface area contributed by atoms with Crippen LogP contribution in [0.5, 0.6) is 5.88 Å². The highest BCUT2D eigenvalue weighted by atomic mass is 16.5. The molecule has 1 fully saturated rings. The van der Waals surface area contributed by atoms with Crippen LogP contribution in [0, 0.1) is 0 Å². The lowest BCUT2D eigenvalue weighted by atomic mass is 9.94. The molecule has 1 aromatic rings. The van der Waals surface area contributed by atoms with Gasteiger partial charge in [-0.2, -0.15) is 0 Å². The molecule has 1 aromatic heterocycles. The maximum atomic E-state index is 6.10. The van der Waals surface area contributed by atoms with Crippen LogP contribution in [0.1, 0.15) is 39.7 Å². The summed E-state index contributed by atoms with van der Waals surface area (Å²) in [5, 5.41) is 3.59. The monoisotopic (exact) mass is 308 g/mol. The Morgan fingerprint density at radius 1 is 1.27 bits per heavy atom. The first-order valence-corrected chi connectivity index (χ1v) is 7.83. The van der Waals surface area contributed by atoms with Crippen molar-refractivity contribution < 1.29 is 14.2 Å². The lowest BCUT2D eigenvalue weighted by Gasteiger charge is -2.27. The molecule has 0 radical (unpaired) electrons. The summed E-state index contributed by atoms with van der Waals surface area (Å²) in [7, 11) is 1.65. The molecule has 2 heterocycles. The van der Waals surface area contributed by atoms with E-state index in [9.17, 15) is 0 Å². The minimum absolute atomic E-state index is 0.0710. The molecule has 1 aliphatic heterocycles. The smallest absolute Gasteiger partial charge is 0.213 e. The molecule has 1 saturated heterocycles. The summed E-state index contributed by atoms with van der Waals surface area (Å²) >= 11 is 0. The van der Waals surface area contributed by atoms with E-state index in [1.807, 2.05) is 18.3 Å². The lowest BCUT2D eigenvalue weighted by molar-refractivity contribution is -0.0699. The van der Waals surface area contributed by atoms with Crippen LogP contribution < -0.4 is 10.1 Å². The molecule has 0 spiro atoms. The van der Waals surface area contributed by atoms with Crippen molar-refractivity contribution in [1.82, 2.24) is 10.3 Å². The number of pyridine rings is 1. The molecule has 1 aliphatic rings. The van der Waals surface area contributed by atoms with E-state index in [1.165, 1.54) is 0 Å². The zero-order valence-electron chi connectivity index (χ0n) is 14.3. The first-order valence-electron chi connectivity index (χ1n) is 7.83. The number of rotatable bonds is 7. The van der Waals surface area contributed by atoms with Gasteiger partial charge >= 0.3 is 0 Å². The summed E-state index contributed by atoms with van der Waals surface area (Å²) in [6.45, 7) is 10.4. The largest absolute Gasteiger partial charge is 0.475 e. The SMILES string of the molecule is COCCOc1ccc(CN[C@H]2CC(C)(C)OC2(C)C)cn1. The first kappa shape index (κ1) is 17.2. The van der Waals surface area contributed by atoms with Crippen molar-refractivity contribution in [2.24, 2.45) is 0 Å². The number of hydrogen-bond donors (Lipinski definition) is 1. The highest BCUT2D eigenvalue weighted by Crippen LogP contribution is 2.37. The molecular formula is C17H28N2O3. The molecule has 0 amide bonds. The van der Waals surface area contributed by atoms with Crippen LogP contribution in [0.3, 0.4) is 0 Å². The average molecular weight is 308 g/mol. The maximum Gasteiger partial charge on any atom is 0.213 e. The van der Waals surface area contributed by atoms with Gasteiger partial charge in [0.25, 0.3) is 0 Å². The van der Waals surface area contributed by atoms with Gasteiger partial charge in [0.05, 0.1) is 17.8 Å². The van der Waals surface area contributed by atoms with Gasteiger partial charge in [0.2, 0.25) is 5.88 Å². The summed E-state index contributed by atoms with van der Waals surface area (Å²) in [6, 6.07) is 4.27. The Morgan fingerprint density at radius 2 is 2.05 bits per heavy atom. The minimum atomic E-state index is -0.153. The van der Waals surface area contributed by atoms with Crippen molar-refractivity contribution in [3.63, 3.8) is 0 Å². The van der Waals surface area contributed by atoms with Crippen LogP contribution >= 0.6 is 0 Å². The van der Waals surface area contributed by atoms with Crippen LogP contribution in [0.2, 0.25) is 0 Å². The molecule has 0 bridgehead atoms. The number of aromatic nitrogens is 1. The summed E-state index contributed by atoms with van der Waals surface area (Å²) in [5.74, 6) is 0.631. The molecule has 0 saturated carbocycles. The van der Waals surface area contributed by atoms with Crippen molar-refractivity contribution in [2.45, 2.75) is 57.9 Å². The van der Waals surface area contributed by atoms with Gasteiger partial charge in [-0.15, -0.1) is 0 Å². The summed E-state index contributed by atoms with van der Waals surface area (Å²) in [4.78, 5) is 4.31. The van der Waals surface area contributed by atoms with E-state index in [2.05, 4.69) is 38.0 Å². The van der Waals surface area contributed by atoms with Crippen molar-refractivity contribution in [2.75, 3.05) is 20.3 Å². The molecular weight excluding hydrogens is 280 g/mol. The molecule has 124 valence electrons. The Hall–Kier alpha value is -1.17. The van der Waals surface area contributed by atoms with Gasteiger partial charge in [0.15, 0.2) is 0 Å². The van der Waals surface area contributed by atoms with Crippen molar-refractivity contribution in [1.29, 1.82) is 0 Å². The molecule has 1 N–H and O–H groups in total. The Morgan fingerprint density at radius 3 is 2.59 bits per heavy atom. The highest BCUT2D eigenvalue weighted by molar-refractivity contribution is 5.18. The third-order valence-electron chi connectivity index (χ3n) is 3.96. The van der Waals surface area contributed by atoms with Crippen molar-refractivity contribution in [3.8, 4) is 5.88 Å². The highest BCUT2D eigenvalue weighted by Gasteiger charge is 2.45. The molecule has 0 unspecified atom stereocenters. The van der Waals surface area contributed by atoms with E-state index in [0.717, 1.165) is 18.5 Å². The minimum Gasteiger partial charge on any atom is -0.475 e. The molecule has 5 heteroatoms. The first-order chi connectivity index (χ1) is 10.3. The number of ether oxygens (including phenoxy) is 3. The molecule has 5 nitrogen and oxygen atoms in total. The van der Waals surface area contributed by atoms with E-state index >= 15 is 0 Å². The van der Waals surface area contributed by atoms with Crippen LogP contribution in [-0.2, 0) is 16.0 Å². The zero-order chi connectivity index (χ0) is 16.2. The van der Waals surface area contributed by atoms with Gasteiger partial charge < -0.3 is 19.5 Å². The van der Waals surface area contributed by atoms with Crippen LogP contribution in [0.4, 0.5) is 0 Å². The second-order valence-corrected chi connectivity index (χ2v) is 6.95. The van der Waals surface area contributed by atoms with Gasteiger partial charge in [-0.25, -0.2) is 4.98 Å². The van der Waals surface area contributed by atoms with Crippen LogP contribution in [-0.4, -0.2) is 42.6 Å². The quantitative estimate of drug-likeness (QED) is 0.785. The second kappa shape index (κ2) is 6.94. The van der Waals surface area contributed by atoms with E-state index in [0.29, 0.717) is 25.1 Å². The van der Waals surface area contributed by atoms with Crippen LogP contribution in [0.15, 0.2) is 18.3 Å². The van der Waals surface area contributed by atoms with Crippen molar-refractivity contribution >= 4 is 0 Å². The molecule has 0 aliphatic carbocycles. The molecule has 22 heavy (non-hydrogen) atoms. The third kappa shape index (κ3) is 4.66. The predicted octanol–water partition coefficient (Wildman–Crippen LogP) is 2.54. The normalized spacial score (nSPS) is 22.7. The number of nitrogens with one attached hydrogen (secondary N) is 1. The predicted molar refractivity (Wildman–Crippen MR) is 86.1 cm³/mol. The Balaban J connectivity index is 1.84. The van der Waals surface area contributed by atoms with Gasteiger partial charge in [-0.1, -0.05) is 6.07 Å². The van der Waals surface area contributed by atoms with E-state index in [1.54, 1.807) is 7.11 Å².